The third-order valence-electron chi connectivity index (χ3n) is 2.82. The van der Waals surface area contributed by atoms with Gasteiger partial charge in [0.05, 0.1) is 0 Å². The summed E-state index contributed by atoms with van der Waals surface area (Å²) in [5.41, 5.74) is -0.701. The summed E-state index contributed by atoms with van der Waals surface area (Å²) in [5.74, 6) is 0. The van der Waals surface area contributed by atoms with Gasteiger partial charge in [0.15, 0.2) is 0 Å². The normalized spacial score (nSPS) is 17.6. The zero-order valence-electron chi connectivity index (χ0n) is 10.0. The van der Waals surface area contributed by atoms with Gasteiger partial charge in [0, 0.05) is 18.7 Å². The molecule has 0 radical (unpaired) electrons. The molecule has 0 spiro atoms. The van der Waals surface area contributed by atoms with Crippen LogP contribution < -0.4 is 0 Å². The third kappa shape index (κ3) is 2.87. The molecule has 0 amide bonds. The molecule has 1 aromatic rings. The minimum atomic E-state index is -4.41. The first-order chi connectivity index (χ1) is 9.25. The van der Waals surface area contributed by atoms with E-state index in [1.54, 1.807) is 0 Å². The van der Waals surface area contributed by atoms with Crippen molar-refractivity contribution < 1.29 is 21.6 Å². The molecule has 0 saturated heterocycles. The molecule has 0 N–H and O–H groups in total. The standard InChI is InChI=1S/C11H9F3N2O2S2/c12-11(13,14)8-3-5-16(6-4-8)20(17,18)10-2-1-9(7-15)19-10/h1-3H,4-6H2. The Morgan fingerprint density at radius 3 is 2.50 bits per heavy atom. The SMILES string of the molecule is N#Cc1ccc(S(=O)(=O)N2CC=C(C(F)(F)F)CC2)s1. The summed E-state index contributed by atoms with van der Waals surface area (Å²) in [5, 5.41) is 8.67. The third-order valence-corrected chi connectivity index (χ3v) is 6.14. The average Bonchev–Trinajstić information content (AvgIpc) is 2.87. The second-order valence-electron chi connectivity index (χ2n) is 4.07. The average molecular weight is 322 g/mol. The van der Waals surface area contributed by atoms with E-state index in [-0.39, 0.29) is 28.6 Å². The Bertz CT molecular complexity index is 683. The maximum absolute atomic E-state index is 12.5. The van der Waals surface area contributed by atoms with Crippen LogP contribution in [-0.2, 0) is 10.0 Å². The predicted molar refractivity (Wildman–Crippen MR) is 66.5 cm³/mol. The van der Waals surface area contributed by atoms with E-state index in [1.807, 2.05) is 6.07 Å². The van der Waals surface area contributed by atoms with Gasteiger partial charge in [-0.15, -0.1) is 11.3 Å². The Balaban J connectivity index is 2.22. The summed E-state index contributed by atoms with van der Waals surface area (Å²) < 4.78 is 62.7. The quantitative estimate of drug-likeness (QED) is 0.786. The van der Waals surface area contributed by atoms with Crippen molar-refractivity contribution in [3.8, 4) is 6.07 Å². The Hall–Kier alpha value is -1.37. The summed E-state index contributed by atoms with van der Waals surface area (Å²) in [7, 11) is -3.83. The summed E-state index contributed by atoms with van der Waals surface area (Å²) in [6.45, 7) is -0.523. The molecule has 108 valence electrons. The molecule has 4 nitrogen and oxygen atoms in total. The van der Waals surface area contributed by atoms with Gasteiger partial charge in [0.2, 0.25) is 0 Å². The maximum atomic E-state index is 12.5. The molecule has 20 heavy (non-hydrogen) atoms. The first kappa shape index (κ1) is 15.0. The number of hydrogen-bond acceptors (Lipinski definition) is 4. The van der Waals surface area contributed by atoms with E-state index in [0.717, 1.165) is 21.7 Å². The predicted octanol–water partition coefficient (Wildman–Crippen LogP) is 2.50. The van der Waals surface area contributed by atoms with Gasteiger partial charge in [-0.2, -0.15) is 22.7 Å². The molecule has 0 fully saturated rings. The number of rotatable bonds is 2. The summed E-state index contributed by atoms with van der Waals surface area (Å²) >= 11 is 0.806. The Labute approximate surface area is 117 Å². The number of sulfonamides is 1. The van der Waals surface area contributed by atoms with Crippen LogP contribution in [0.2, 0.25) is 0 Å². The molecular formula is C11H9F3N2O2S2. The van der Waals surface area contributed by atoms with Crippen molar-refractivity contribution in [1.82, 2.24) is 4.31 Å². The van der Waals surface area contributed by atoms with Crippen molar-refractivity contribution in [1.29, 1.82) is 5.26 Å². The highest BCUT2D eigenvalue weighted by atomic mass is 32.2. The Morgan fingerprint density at radius 1 is 1.35 bits per heavy atom. The molecule has 1 aliphatic rings. The van der Waals surface area contributed by atoms with E-state index in [9.17, 15) is 21.6 Å². The van der Waals surface area contributed by atoms with Crippen LogP contribution in [0.1, 0.15) is 11.3 Å². The van der Waals surface area contributed by atoms with Crippen molar-refractivity contribution >= 4 is 21.4 Å². The molecule has 2 rings (SSSR count). The minimum Gasteiger partial charge on any atom is -0.206 e. The smallest absolute Gasteiger partial charge is 0.206 e. The largest absolute Gasteiger partial charge is 0.412 e. The van der Waals surface area contributed by atoms with Gasteiger partial charge >= 0.3 is 6.18 Å². The van der Waals surface area contributed by atoms with E-state index in [1.165, 1.54) is 12.1 Å². The first-order valence-corrected chi connectivity index (χ1v) is 7.77. The lowest BCUT2D eigenvalue weighted by Gasteiger charge is -2.25. The summed E-state index contributed by atoms with van der Waals surface area (Å²) in [6, 6.07) is 4.49. The van der Waals surface area contributed by atoms with Gasteiger partial charge in [0.1, 0.15) is 15.2 Å². The number of alkyl halides is 3. The van der Waals surface area contributed by atoms with E-state index in [2.05, 4.69) is 0 Å². The number of hydrogen-bond donors (Lipinski definition) is 0. The lowest BCUT2D eigenvalue weighted by atomic mass is 10.1. The molecule has 0 aliphatic carbocycles. The number of nitrogens with zero attached hydrogens (tertiary/aromatic N) is 2. The lowest BCUT2D eigenvalue weighted by molar-refractivity contribution is -0.0953. The molecule has 0 unspecified atom stereocenters. The fraction of sp³-hybridized carbons (Fsp3) is 0.364. The van der Waals surface area contributed by atoms with Crippen LogP contribution in [0.3, 0.4) is 0 Å². The van der Waals surface area contributed by atoms with Gasteiger partial charge in [-0.05, 0) is 18.6 Å². The van der Waals surface area contributed by atoms with Crippen molar-refractivity contribution in [2.75, 3.05) is 13.1 Å². The van der Waals surface area contributed by atoms with Gasteiger partial charge in [-0.1, -0.05) is 6.08 Å². The van der Waals surface area contributed by atoms with Crippen LogP contribution in [-0.4, -0.2) is 32.0 Å². The molecule has 0 saturated carbocycles. The van der Waals surface area contributed by atoms with Crippen molar-refractivity contribution in [2.45, 2.75) is 16.8 Å². The second kappa shape index (κ2) is 5.20. The molecule has 1 aromatic heterocycles. The second-order valence-corrected chi connectivity index (χ2v) is 7.32. The maximum Gasteiger partial charge on any atom is 0.412 e. The fourth-order valence-corrected chi connectivity index (χ4v) is 4.41. The van der Waals surface area contributed by atoms with Gasteiger partial charge in [-0.3, -0.25) is 0 Å². The van der Waals surface area contributed by atoms with Crippen LogP contribution in [0.15, 0.2) is 28.0 Å². The van der Waals surface area contributed by atoms with Crippen LogP contribution in [0.5, 0.6) is 0 Å². The van der Waals surface area contributed by atoms with Gasteiger partial charge in [0.25, 0.3) is 10.0 Å². The molecule has 0 atom stereocenters. The molecule has 0 aromatic carbocycles. The molecule has 9 heteroatoms. The summed E-state index contributed by atoms with van der Waals surface area (Å²) in [4.78, 5) is 0.243. The van der Waals surface area contributed by atoms with Crippen LogP contribution in [0.25, 0.3) is 0 Å². The number of halogens is 3. The zero-order chi connectivity index (χ0) is 15.0. The highest BCUT2D eigenvalue weighted by molar-refractivity contribution is 7.91. The van der Waals surface area contributed by atoms with E-state index >= 15 is 0 Å². The monoisotopic (exact) mass is 322 g/mol. The van der Waals surface area contributed by atoms with E-state index < -0.39 is 21.8 Å². The Morgan fingerprint density at radius 2 is 2.05 bits per heavy atom. The van der Waals surface area contributed by atoms with E-state index in [0.29, 0.717) is 0 Å². The molecule has 2 heterocycles. The molecule has 1 aliphatic heterocycles. The highest BCUT2D eigenvalue weighted by Gasteiger charge is 2.37. The number of thiophene rings is 1. The lowest BCUT2D eigenvalue weighted by Crippen LogP contribution is -2.36. The zero-order valence-corrected chi connectivity index (χ0v) is 11.6. The minimum absolute atomic E-state index is 0.0297. The van der Waals surface area contributed by atoms with Gasteiger partial charge < -0.3 is 0 Å². The van der Waals surface area contributed by atoms with E-state index in [4.69, 9.17) is 5.26 Å². The fourth-order valence-electron chi connectivity index (χ4n) is 1.77. The summed E-state index contributed by atoms with van der Waals surface area (Å²) in [6.07, 6.45) is -3.88. The first-order valence-electron chi connectivity index (χ1n) is 5.51. The van der Waals surface area contributed by atoms with Crippen molar-refractivity contribution in [2.24, 2.45) is 0 Å². The van der Waals surface area contributed by atoms with Crippen LogP contribution in [0.4, 0.5) is 13.2 Å². The molecular weight excluding hydrogens is 313 g/mol. The number of nitriles is 1. The van der Waals surface area contributed by atoms with Crippen molar-refractivity contribution in [3.63, 3.8) is 0 Å². The topological polar surface area (TPSA) is 61.2 Å². The van der Waals surface area contributed by atoms with Crippen molar-refractivity contribution in [3.05, 3.63) is 28.7 Å². The Kier molecular flexibility index (Phi) is 3.90. The van der Waals surface area contributed by atoms with Gasteiger partial charge in [-0.25, -0.2) is 8.42 Å². The highest BCUT2D eigenvalue weighted by Crippen LogP contribution is 2.32. The van der Waals surface area contributed by atoms with Crippen LogP contribution >= 0.6 is 11.3 Å². The van der Waals surface area contributed by atoms with Crippen LogP contribution in [0, 0.1) is 11.3 Å². The molecule has 0 bridgehead atoms.